The lowest BCUT2D eigenvalue weighted by Crippen LogP contribution is -2.58. The van der Waals surface area contributed by atoms with E-state index < -0.39 is 66.9 Å². The van der Waals surface area contributed by atoms with Gasteiger partial charge in [0.2, 0.25) is 17.7 Å². The molecule has 0 radical (unpaired) electrons. The van der Waals surface area contributed by atoms with Gasteiger partial charge in [-0.2, -0.15) is 0 Å². The van der Waals surface area contributed by atoms with Crippen LogP contribution >= 0.6 is 0 Å². The molecule has 4 unspecified atom stereocenters. The highest BCUT2D eigenvalue weighted by Crippen LogP contribution is 2.11. The molecular weight excluding hydrogens is 512 g/mol. The number of hydrogen-bond donors (Lipinski definition) is 8. The van der Waals surface area contributed by atoms with Crippen molar-refractivity contribution in [2.45, 2.75) is 49.9 Å². The highest BCUT2D eigenvalue weighted by atomic mass is 16.4. The first-order valence-electron chi connectivity index (χ1n) is 12.0. The molecule has 0 aromatic heterocycles. The number of aromatic hydroxyl groups is 1. The van der Waals surface area contributed by atoms with Crippen LogP contribution in [0.25, 0.3) is 0 Å². The zero-order chi connectivity index (χ0) is 28.9. The van der Waals surface area contributed by atoms with Crippen molar-refractivity contribution in [2.24, 2.45) is 5.73 Å². The molecule has 13 nitrogen and oxygen atoms in total. The molecule has 0 heterocycles. The number of nitrogens with one attached hydrogen (secondary N) is 3. The Hall–Kier alpha value is -4.49. The van der Waals surface area contributed by atoms with Gasteiger partial charge in [0.25, 0.3) is 0 Å². The number of aliphatic carboxylic acids is 2. The first-order valence-corrected chi connectivity index (χ1v) is 12.0. The normalized spacial score (nSPS) is 13.8. The highest BCUT2D eigenvalue weighted by molar-refractivity contribution is 5.94. The fraction of sp³-hybridized carbons (Fsp3) is 0.346. The van der Waals surface area contributed by atoms with Crippen LogP contribution < -0.4 is 21.7 Å². The molecule has 2 aromatic carbocycles. The van der Waals surface area contributed by atoms with Crippen molar-refractivity contribution >= 4 is 29.7 Å². The van der Waals surface area contributed by atoms with Crippen LogP contribution in [-0.2, 0) is 36.8 Å². The Morgan fingerprint density at radius 3 is 1.82 bits per heavy atom. The molecule has 0 saturated carbocycles. The van der Waals surface area contributed by atoms with E-state index in [1.807, 2.05) is 0 Å². The van der Waals surface area contributed by atoms with Crippen molar-refractivity contribution in [3.63, 3.8) is 0 Å². The number of phenolic OH excluding ortho intramolecular Hbond substituents is 1. The SMILES string of the molecule is NC(Cc1ccc(O)cc1)C(=O)NC(CO)C(=O)NC(CCC(=O)O)C(=O)NC(Cc1ccccc1)C(=O)O. The molecule has 3 amide bonds. The van der Waals surface area contributed by atoms with Gasteiger partial charge in [0.15, 0.2) is 0 Å². The van der Waals surface area contributed by atoms with Gasteiger partial charge < -0.3 is 42.1 Å². The molecule has 9 N–H and O–H groups in total. The Kier molecular flexibility index (Phi) is 11.9. The molecule has 0 bridgehead atoms. The summed E-state index contributed by atoms with van der Waals surface area (Å²) in [6, 6.07) is 8.97. The van der Waals surface area contributed by atoms with Gasteiger partial charge in [0.05, 0.1) is 12.6 Å². The quantitative estimate of drug-likeness (QED) is 0.135. The Morgan fingerprint density at radius 1 is 0.718 bits per heavy atom. The Bertz CT molecular complexity index is 1140. The molecule has 39 heavy (non-hydrogen) atoms. The number of aliphatic hydroxyl groups excluding tert-OH is 1. The Labute approximate surface area is 224 Å². The lowest BCUT2D eigenvalue weighted by atomic mass is 10.0. The van der Waals surface area contributed by atoms with Crippen LogP contribution in [0.1, 0.15) is 24.0 Å². The molecule has 0 aliphatic carbocycles. The number of carboxylic acid groups (broad SMARTS) is 2. The third kappa shape index (κ3) is 10.4. The summed E-state index contributed by atoms with van der Waals surface area (Å²) in [6.07, 6.45) is -0.900. The number of carbonyl (C=O) groups excluding carboxylic acids is 3. The van der Waals surface area contributed by atoms with E-state index in [9.17, 15) is 39.3 Å². The Morgan fingerprint density at radius 2 is 1.26 bits per heavy atom. The van der Waals surface area contributed by atoms with Gasteiger partial charge in [-0.15, -0.1) is 0 Å². The van der Waals surface area contributed by atoms with Crippen LogP contribution in [0.15, 0.2) is 54.6 Å². The second kappa shape index (κ2) is 15.1. The molecule has 2 aromatic rings. The van der Waals surface area contributed by atoms with Gasteiger partial charge in [-0.25, -0.2) is 4.79 Å². The lowest BCUT2D eigenvalue weighted by molar-refractivity contribution is -0.143. The van der Waals surface area contributed by atoms with Crippen molar-refractivity contribution in [3.8, 4) is 5.75 Å². The van der Waals surface area contributed by atoms with Crippen LogP contribution in [0.5, 0.6) is 5.75 Å². The van der Waals surface area contributed by atoms with E-state index in [4.69, 9.17) is 10.8 Å². The summed E-state index contributed by atoms with van der Waals surface area (Å²) in [5.41, 5.74) is 7.16. The van der Waals surface area contributed by atoms with Crippen molar-refractivity contribution in [1.82, 2.24) is 16.0 Å². The molecule has 0 saturated heterocycles. The lowest BCUT2D eigenvalue weighted by Gasteiger charge is -2.24. The standard InChI is InChI=1S/C26H32N4O9/c27-18(12-16-6-8-17(32)9-7-16)23(35)30-21(14-31)25(37)28-19(10-11-22(33)34)24(36)29-20(26(38)39)13-15-4-2-1-3-5-15/h1-9,18-21,31-32H,10-14,27H2,(H,28,37)(H,29,36)(H,30,35)(H,33,34)(H,38,39). The number of carboxylic acids is 2. The van der Waals surface area contributed by atoms with E-state index in [2.05, 4.69) is 16.0 Å². The van der Waals surface area contributed by atoms with E-state index in [0.717, 1.165) is 0 Å². The van der Waals surface area contributed by atoms with Crippen LogP contribution in [0.4, 0.5) is 0 Å². The zero-order valence-electron chi connectivity index (χ0n) is 20.9. The summed E-state index contributed by atoms with van der Waals surface area (Å²) < 4.78 is 0. The van der Waals surface area contributed by atoms with Crippen molar-refractivity contribution < 1.29 is 44.4 Å². The maximum atomic E-state index is 12.9. The molecule has 13 heteroatoms. The van der Waals surface area contributed by atoms with Gasteiger partial charge in [0, 0.05) is 12.8 Å². The second-order valence-corrected chi connectivity index (χ2v) is 8.80. The number of carbonyl (C=O) groups is 5. The monoisotopic (exact) mass is 544 g/mol. The molecule has 0 aliphatic rings. The van der Waals surface area contributed by atoms with E-state index in [0.29, 0.717) is 11.1 Å². The predicted molar refractivity (Wildman–Crippen MR) is 137 cm³/mol. The van der Waals surface area contributed by atoms with Crippen LogP contribution in [0.3, 0.4) is 0 Å². The topological polar surface area (TPSA) is 228 Å². The van der Waals surface area contributed by atoms with Gasteiger partial charge in [-0.1, -0.05) is 42.5 Å². The van der Waals surface area contributed by atoms with Crippen molar-refractivity contribution in [2.75, 3.05) is 6.61 Å². The van der Waals surface area contributed by atoms with Gasteiger partial charge in [-0.3, -0.25) is 19.2 Å². The smallest absolute Gasteiger partial charge is 0.326 e. The maximum Gasteiger partial charge on any atom is 0.326 e. The number of hydrogen-bond acceptors (Lipinski definition) is 8. The van der Waals surface area contributed by atoms with Crippen molar-refractivity contribution in [1.29, 1.82) is 0 Å². The molecule has 0 spiro atoms. The third-order valence-corrected chi connectivity index (χ3v) is 5.72. The van der Waals surface area contributed by atoms with Crippen LogP contribution in [0, 0.1) is 0 Å². The molecule has 4 atom stereocenters. The van der Waals surface area contributed by atoms with Crippen molar-refractivity contribution in [3.05, 3.63) is 65.7 Å². The second-order valence-electron chi connectivity index (χ2n) is 8.80. The first-order chi connectivity index (χ1) is 18.5. The summed E-state index contributed by atoms with van der Waals surface area (Å²) in [5.74, 6) is -5.28. The summed E-state index contributed by atoms with van der Waals surface area (Å²) in [7, 11) is 0. The van der Waals surface area contributed by atoms with E-state index in [1.54, 1.807) is 42.5 Å². The molecule has 0 fully saturated rings. The number of benzene rings is 2. The summed E-state index contributed by atoms with van der Waals surface area (Å²) in [5, 5.41) is 44.5. The molecule has 0 aliphatic heterocycles. The van der Waals surface area contributed by atoms with E-state index >= 15 is 0 Å². The molecular formula is C26H32N4O9. The number of phenols is 1. The first kappa shape index (κ1) is 30.7. The van der Waals surface area contributed by atoms with Gasteiger partial charge >= 0.3 is 11.9 Å². The largest absolute Gasteiger partial charge is 0.508 e. The van der Waals surface area contributed by atoms with Gasteiger partial charge in [-0.05, 0) is 36.1 Å². The summed E-state index contributed by atoms with van der Waals surface area (Å²) >= 11 is 0. The number of aliphatic hydroxyl groups is 1. The zero-order valence-corrected chi connectivity index (χ0v) is 20.9. The van der Waals surface area contributed by atoms with Crippen LogP contribution in [-0.4, -0.2) is 80.9 Å². The fourth-order valence-electron chi connectivity index (χ4n) is 3.58. The van der Waals surface area contributed by atoms with Crippen LogP contribution in [0.2, 0.25) is 0 Å². The minimum absolute atomic E-state index is 0.0324. The maximum absolute atomic E-state index is 12.9. The Balaban J connectivity index is 2.06. The van der Waals surface area contributed by atoms with E-state index in [1.165, 1.54) is 12.1 Å². The number of rotatable bonds is 15. The van der Waals surface area contributed by atoms with Gasteiger partial charge in [0.1, 0.15) is 23.9 Å². The predicted octanol–water partition coefficient (Wildman–Crippen LogP) is -1.10. The average Bonchev–Trinajstić information content (AvgIpc) is 2.90. The minimum atomic E-state index is -1.52. The fourth-order valence-corrected chi connectivity index (χ4v) is 3.58. The molecule has 210 valence electrons. The highest BCUT2D eigenvalue weighted by Gasteiger charge is 2.30. The summed E-state index contributed by atoms with van der Waals surface area (Å²) in [4.78, 5) is 61.0. The minimum Gasteiger partial charge on any atom is -0.508 e. The number of nitrogens with two attached hydrogens (primary N) is 1. The number of amides is 3. The van der Waals surface area contributed by atoms with E-state index in [-0.39, 0.29) is 25.0 Å². The summed E-state index contributed by atoms with van der Waals surface area (Å²) in [6.45, 7) is -0.859. The third-order valence-electron chi connectivity index (χ3n) is 5.72. The molecule has 2 rings (SSSR count). The average molecular weight is 545 g/mol.